The van der Waals surface area contributed by atoms with E-state index in [9.17, 15) is 9.59 Å². The predicted molar refractivity (Wildman–Crippen MR) is 82.8 cm³/mol. The van der Waals surface area contributed by atoms with E-state index in [2.05, 4.69) is 0 Å². The summed E-state index contributed by atoms with van der Waals surface area (Å²) < 4.78 is 5.19. The Hall–Kier alpha value is -1.95. The molecule has 6 heteroatoms. The number of nitrogens with two attached hydrogens (primary N) is 1. The standard InChI is InChI=1S/C15H18N2O3S/c1-9-5-13(18)17(14(19)6-9)8-10-3-4-12(20-2)11(7-10)15(16)21/h3-4,7,9H,5-6,8H2,1-2H3,(H2,16,21). The number of piperidine rings is 1. The molecule has 1 saturated heterocycles. The molecular formula is C15H18N2O3S. The smallest absolute Gasteiger partial charge is 0.229 e. The molecule has 1 aromatic carbocycles. The van der Waals surface area contributed by atoms with Gasteiger partial charge in [-0.25, -0.2) is 0 Å². The van der Waals surface area contributed by atoms with Gasteiger partial charge in [0.25, 0.3) is 0 Å². The molecule has 1 heterocycles. The third-order valence-corrected chi connectivity index (χ3v) is 3.74. The van der Waals surface area contributed by atoms with Gasteiger partial charge in [0.15, 0.2) is 0 Å². The first-order chi connectivity index (χ1) is 9.92. The van der Waals surface area contributed by atoms with Crippen LogP contribution in [-0.4, -0.2) is 28.8 Å². The molecule has 21 heavy (non-hydrogen) atoms. The van der Waals surface area contributed by atoms with Crippen LogP contribution in [0, 0.1) is 5.92 Å². The Morgan fingerprint density at radius 3 is 2.52 bits per heavy atom. The van der Waals surface area contributed by atoms with Gasteiger partial charge < -0.3 is 10.5 Å². The van der Waals surface area contributed by atoms with Crippen LogP contribution in [0.1, 0.15) is 30.9 Å². The average Bonchev–Trinajstić information content (AvgIpc) is 2.42. The number of methoxy groups -OCH3 is 1. The van der Waals surface area contributed by atoms with E-state index in [1.165, 1.54) is 12.0 Å². The Morgan fingerprint density at radius 1 is 1.38 bits per heavy atom. The summed E-state index contributed by atoms with van der Waals surface area (Å²) in [5.41, 5.74) is 7.08. The van der Waals surface area contributed by atoms with Gasteiger partial charge in [-0.05, 0) is 23.6 Å². The SMILES string of the molecule is COc1ccc(CN2C(=O)CC(C)CC2=O)cc1C(N)=S. The molecule has 5 nitrogen and oxygen atoms in total. The lowest BCUT2D eigenvalue weighted by atomic mass is 9.97. The highest BCUT2D eigenvalue weighted by Crippen LogP contribution is 2.24. The predicted octanol–water partition coefficient (Wildman–Crippen LogP) is 1.61. The first kappa shape index (κ1) is 15.4. The van der Waals surface area contributed by atoms with Gasteiger partial charge in [-0.3, -0.25) is 14.5 Å². The molecule has 0 saturated carbocycles. The summed E-state index contributed by atoms with van der Waals surface area (Å²) in [7, 11) is 1.54. The van der Waals surface area contributed by atoms with Crippen molar-refractivity contribution in [3.63, 3.8) is 0 Å². The van der Waals surface area contributed by atoms with Gasteiger partial charge in [-0.1, -0.05) is 25.2 Å². The van der Waals surface area contributed by atoms with E-state index in [1.807, 2.05) is 6.92 Å². The number of carbonyl (C=O) groups excluding carboxylic acids is 2. The second-order valence-electron chi connectivity index (χ2n) is 5.29. The van der Waals surface area contributed by atoms with Crippen LogP contribution in [0.25, 0.3) is 0 Å². The van der Waals surface area contributed by atoms with Gasteiger partial charge in [0.05, 0.1) is 19.2 Å². The molecule has 112 valence electrons. The van der Waals surface area contributed by atoms with Crippen LogP contribution in [0.5, 0.6) is 5.75 Å². The van der Waals surface area contributed by atoms with Crippen molar-refractivity contribution >= 4 is 29.0 Å². The fraction of sp³-hybridized carbons (Fsp3) is 0.400. The number of imide groups is 1. The highest BCUT2D eigenvalue weighted by molar-refractivity contribution is 7.80. The van der Waals surface area contributed by atoms with Crippen LogP contribution < -0.4 is 10.5 Å². The summed E-state index contributed by atoms with van der Waals surface area (Å²) in [6.07, 6.45) is 0.814. The Balaban J connectivity index is 2.23. The number of nitrogens with zero attached hydrogens (tertiary/aromatic N) is 1. The molecular weight excluding hydrogens is 288 g/mol. The maximum Gasteiger partial charge on any atom is 0.229 e. The molecule has 0 unspecified atom stereocenters. The average molecular weight is 306 g/mol. The zero-order valence-corrected chi connectivity index (χ0v) is 12.9. The van der Waals surface area contributed by atoms with Crippen LogP contribution in [0.3, 0.4) is 0 Å². The summed E-state index contributed by atoms with van der Waals surface area (Å²) in [4.78, 5) is 25.5. The van der Waals surface area contributed by atoms with E-state index in [1.54, 1.807) is 18.2 Å². The van der Waals surface area contributed by atoms with Crippen LogP contribution in [0.2, 0.25) is 0 Å². The molecule has 1 aliphatic rings. The zero-order chi connectivity index (χ0) is 15.6. The van der Waals surface area contributed by atoms with Crippen molar-refractivity contribution in [3.8, 4) is 5.75 Å². The number of hydrogen-bond acceptors (Lipinski definition) is 4. The van der Waals surface area contributed by atoms with Gasteiger partial charge >= 0.3 is 0 Å². The fourth-order valence-corrected chi connectivity index (χ4v) is 2.59. The Kier molecular flexibility index (Phi) is 4.57. The minimum atomic E-state index is -0.133. The van der Waals surface area contributed by atoms with Gasteiger partial charge in [-0.2, -0.15) is 0 Å². The lowest BCUT2D eigenvalue weighted by Crippen LogP contribution is -2.42. The number of benzene rings is 1. The van der Waals surface area contributed by atoms with E-state index in [0.29, 0.717) is 24.2 Å². The Bertz CT molecular complexity index is 583. The van der Waals surface area contributed by atoms with E-state index in [-0.39, 0.29) is 29.3 Å². The largest absolute Gasteiger partial charge is 0.496 e. The monoisotopic (exact) mass is 306 g/mol. The van der Waals surface area contributed by atoms with E-state index in [4.69, 9.17) is 22.7 Å². The highest BCUT2D eigenvalue weighted by atomic mass is 32.1. The fourth-order valence-electron chi connectivity index (χ4n) is 2.43. The first-order valence-electron chi connectivity index (χ1n) is 6.72. The molecule has 0 bridgehead atoms. The maximum absolute atomic E-state index is 12.0. The van der Waals surface area contributed by atoms with Crippen molar-refractivity contribution in [2.45, 2.75) is 26.3 Å². The van der Waals surface area contributed by atoms with Crippen LogP contribution in [0.4, 0.5) is 0 Å². The number of hydrogen-bond donors (Lipinski definition) is 1. The van der Waals surface area contributed by atoms with Crippen LogP contribution in [0.15, 0.2) is 18.2 Å². The molecule has 0 atom stereocenters. The van der Waals surface area contributed by atoms with Gasteiger partial charge in [0.2, 0.25) is 11.8 Å². The number of ether oxygens (including phenoxy) is 1. The van der Waals surface area contributed by atoms with Crippen molar-refractivity contribution in [3.05, 3.63) is 29.3 Å². The highest BCUT2D eigenvalue weighted by Gasteiger charge is 2.30. The first-order valence-corrected chi connectivity index (χ1v) is 7.13. The minimum Gasteiger partial charge on any atom is -0.496 e. The Morgan fingerprint density at radius 2 is 2.00 bits per heavy atom. The van der Waals surface area contributed by atoms with E-state index >= 15 is 0 Å². The summed E-state index contributed by atoms with van der Waals surface area (Å²) in [6, 6.07) is 5.31. The molecule has 2 amide bonds. The van der Waals surface area contributed by atoms with Gasteiger partial charge in [0, 0.05) is 12.8 Å². The molecule has 0 spiro atoms. The lowest BCUT2D eigenvalue weighted by Gasteiger charge is -2.28. The topological polar surface area (TPSA) is 72.6 Å². The third kappa shape index (κ3) is 3.39. The molecule has 2 N–H and O–H groups in total. The van der Waals surface area contributed by atoms with Crippen LogP contribution >= 0.6 is 12.2 Å². The second kappa shape index (κ2) is 6.22. The number of carbonyl (C=O) groups is 2. The van der Waals surface area contributed by atoms with Crippen molar-refractivity contribution in [1.82, 2.24) is 4.90 Å². The number of likely N-dealkylation sites (tertiary alicyclic amines) is 1. The molecule has 2 rings (SSSR count). The van der Waals surface area contributed by atoms with Crippen molar-refractivity contribution in [2.75, 3.05) is 7.11 Å². The minimum absolute atomic E-state index is 0.115. The number of rotatable bonds is 4. The second-order valence-corrected chi connectivity index (χ2v) is 5.73. The van der Waals surface area contributed by atoms with Gasteiger partial charge in [-0.15, -0.1) is 0 Å². The Labute approximate surface area is 129 Å². The van der Waals surface area contributed by atoms with E-state index < -0.39 is 0 Å². The van der Waals surface area contributed by atoms with Crippen LogP contribution in [-0.2, 0) is 16.1 Å². The summed E-state index contributed by atoms with van der Waals surface area (Å²) >= 11 is 4.99. The van der Waals surface area contributed by atoms with Crippen molar-refractivity contribution in [1.29, 1.82) is 0 Å². The number of thiocarbonyl (C=S) groups is 1. The van der Waals surface area contributed by atoms with Crippen molar-refractivity contribution < 1.29 is 14.3 Å². The molecule has 0 aliphatic carbocycles. The normalized spacial score (nSPS) is 16.2. The quantitative estimate of drug-likeness (QED) is 0.676. The molecule has 1 aromatic rings. The summed E-state index contributed by atoms with van der Waals surface area (Å²) in [6.45, 7) is 2.15. The third-order valence-electron chi connectivity index (χ3n) is 3.52. The lowest BCUT2D eigenvalue weighted by molar-refractivity contribution is -0.150. The summed E-state index contributed by atoms with van der Waals surface area (Å²) in [5, 5.41) is 0. The molecule has 0 radical (unpaired) electrons. The van der Waals surface area contributed by atoms with Crippen molar-refractivity contribution in [2.24, 2.45) is 11.7 Å². The maximum atomic E-state index is 12.0. The molecule has 1 fully saturated rings. The molecule has 0 aromatic heterocycles. The number of amides is 2. The molecule has 1 aliphatic heterocycles. The summed E-state index contributed by atoms with van der Waals surface area (Å²) in [5.74, 6) is 0.429. The zero-order valence-electron chi connectivity index (χ0n) is 12.1. The van der Waals surface area contributed by atoms with Gasteiger partial charge in [0.1, 0.15) is 10.7 Å². The van der Waals surface area contributed by atoms with E-state index in [0.717, 1.165) is 5.56 Å².